The van der Waals surface area contributed by atoms with Gasteiger partial charge in [-0.15, -0.1) is 0 Å². The van der Waals surface area contributed by atoms with Crippen LogP contribution in [0, 0.1) is 5.92 Å². The van der Waals surface area contributed by atoms with Gasteiger partial charge in [-0.25, -0.2) is 4.79 Å². The van der Waals surface area contributed by atoms with E-state index in [2.05, 4.69) is 18.6 Å². The average molecular weight is 198 g/mol. The second kappa shape index (κ2) is 4.49. The van der Waals surface area contributed by atoms with Crippen molar-refractivity contribution in [2.45, 2.75) is 39.7 Å². The van der Waals surface area contributed by atoms with Crippen LogP contribution in [-0.4, -0.2) is 19.2 Å². The van der Waals surface area contributed by atoms with E-state index in [0.717, 1.165) is 18.6 Å². The fourth-order valence-corrected chi connectivity index (χ4v) is 1.81. The number of carbonyl (C=O) groups excluding carboxylic acids is 1. The van der Waals surface area contributed by atoms with Gasteiger partial charge in [0.05, 0.1) is 18.8 Å². The van der Waals surface area contributed by atoms with E-state index < -0.39 is 0 Å². The molecule has 80 valence electrons. The molecule has 0 aromatic heterocycles. The summed E-state index contributed by atoms with van der Waals surface area (Å²) in [6.07, 6.45) is 2.25. The van der Waals surface area contributed by atoms with Crippen molar-refractivity contribution in [3.8, 4) is 0 Å². The molecular formula is C11H18O3. The molecule has 14 heavy (non-hydrogen) atoms. The predicted molar refractivity (Wildman–Crippen MR) is 53.7 cm³/mol. The van der Waals surface area contributed by atoms with Crippen molar-refractivity contribution in [3.05, 3.63) is 11.3 Å². The molecule has 1 aliphatic heterocycles. The number of ether oxygens (including phenoxy) is 2. The Kier molecular flexibility index (Phi) is 3.55. The second-order valence-corrected chi connectivity index (χ2v) is 3.77. The highest BCUT2D eigenvalue weighted by molar-refractivity contribution is 5.88. The fourth-order valence-electron chi connectivity index (χ4n) is 1.81. The number of allylic oxidation sites excluding steroid dienone is 1. The highest BCUT2D eigenvalue weighted by atomic mass is 16.5. The van der Waals surface area contributed by atoms with E-state index in [1.165, 1.54) is 7.11 Å². The zero-order valence-corrected chi connectivity index (χ0v) is 9.29. The van der Waals surface area contributed by atoms with Gasteiger partial charge in [-0.1, -0.05) is 13.8 Å². The molecule has 3 heteroatoms. The van der Waals surface area contributed by atoms with Crippen molar-refractivity contribution in [3.63, 3.8) is 0 Å². The maximum absolute atomic E-state index is 11.3. The first-order valence-electron chi connectivity index (χ1n) is 5.05. The highest BCUT2D eigenvalue weighted by Crippen LogP contribution is 2.33. The zero-order chi connectivity index (χ0) is 10.7. The number of esters is 1. The molecule has 2 atom stereocenters. The molecule has 0 aromatic rings. The van der Waals surface area contributed by atoms with E-state index >= 15 is 0 Å². The molecule has 0 aromatic carbocycles. The van der Waals surface area contributed by atoms with Gasteiger partial charge in [0, 0.05) is 5.92 Å². The van der Waals surface area contributed by atoms with Crippen LogP contribution in [0.25, 0.3) is 0 Å². The molecule has 0 saturated carbocycles. The molecule has 1 fully saturated rings. The molecular weight excluding hydrogens is 180 g/mol. The highest BCUT2D eigenvalue weighted by Gasteiger charge is 2.29. The molecule has 1 saturated heterocycles. The lowest BCUT2D eigenvalue weighted by atomic mass is 10.0. The molecule has 0 unspecified atom stereocenters. The molecule has 0 amide bonds. The number of carbonyl (C=O) groups is 1. The van der Waals surface area contributed by atoms with E-state index in [1.807, 2.05) is 0 Å². The van der Waals surface area contributed by atoms with E-state index in [-0.39, 0.29) is 12.1 Å². The lowest BCUT2D eigenvalue weighted by molar-refractivity contribution is -0.136. The Morgan fingerprint density at radius 3 is 2.71 bits per heavy atom. The van der Waals surface area contributed by atoms with Gasteiger partial charge >= 0.3 is 5.97 Å². The monoisotopic (exact) mass is 198 g/mol. The summed E-state index contributed by atoms with van der Waals surface area (Å²) >= 11 is 0. The van der Waals surface area contributed by atoms with Gasteiger partial charge in [-0.2, -0.15) is 0 Å². The third kappa shape index (κ3) is 2.08. The van der Waals surface area contributed by atoms with Crippen LogP contribution in [0.2, 0.25) is 0 Å². The summed E-state index contributed by atoms with van der Waals surface area (Å²) in [5.41, 5.74) is 0.607. The van der Waals surface area contributed by atoms with Crippen LogP contribution in [-0.2, 0) is 14.3 Å². The molecule has 0 spiro atoms. The molecule has 0 radical (unpaired) electrons. The first-order valence-corrected chi connectivity index (χ1v) is 5.05. The topological polar surface area (TPSA) is 35.5 Å². The Bertz CT molecular complexity index is 255. The minimum absolute atomic E-state index is 0.264. The number of hydrogen-bond donors (Lipinski definition) is 0. The summed E-state index contributed by atoms with van der Waals surface area (Å²) in [5, 5.41) is 0. The van der Waals surface area contributed by atoms with Gasteiger partial charge in [-0.05, 0) is 19.8 Å². The lowest BCUT2D eigenvalue weighted by Gasteiger charge is -2.09. The third-order valence-electron chi connectivity index (χ3n) is 2.67. The largest absolute Gasteiger partial charge is 0.494 e. The van der Waals surface area contributed by atoms with Crippen LogP contribution in [0.5, 0.6) is 0 Å². The second-order valence-electron chi connectivity index (χ2n) is 3.77. The molecule has 0 N–H and O–H groups in total. The maximum atomic E-state index is 11.3. The number of methoxy groups -OCH3 is 1. The van der Waals surface area contributed by atoms with E-state index in [4.69, 9.17) is 4.74 Å². The van der Waals surface area contributed by atoms with Gasteiger partial charge in [-0.3, -0.25) is 0 Å². The third-order valence-corrected chi connectivity index (χ3v) is 2.67. The minimum atomic E-state index is -0.288. The van der Waals surface area contributed by atoms with Gasteiger partial charge in [0.15, 0.2) is 0 Å². The smallest absolute Gasteiger partial charge is 0.336 e. The number of hydrogen-bond acceptors (Lipinski definition) is 3. The quantitative estimate of drug-likeness (QED) is 0.504. The summed E-state index contributed by atoms with van der Waals surface area (Å²) in [5.74, 6) is 0.853. The first kappa shape index (κ1) is 11.1. The first-order chi connectivity index (χ1) is 6.60. The average Bonchev–Trinajstić information content (AvgIpc) is 2.57. The van der Waals surface area contributed by atoms with Crippen molar-refractivity contribution in [1.29, 1.82) is 0 Å². The summed E-state index contributed by atoms with van der Waals surface area (Å²) in [7, 11) is 1.39. The van der Waals surface area contributed by atoms with Gasteiger partial charge in [0.25, 0.3) is 0 Å². The van der Waals surface area contributed by atoms with Crippen molar-refractivity contribution in [1.82, 2.24) is 0 Å². The maximum Gasteiger partial charge on any atom is 0.336 e. The van der Waals surface area contributed by atoms with Crippen LogP contribution >= 0.6 is 0 Å². The molecule has 0 aliphatic carbocycles. The normalized spacial score (nSPS) is 29.7. The molecule has 1 aliphatic rings. The van der Waals surface area contributed by atoms with E-state index in [9.17, 15) is 4.79 Å². The van der Waals surface area contributed by atoms with E-state index in [1.54, 1.807) is 6.92 Å². The van der Waals surface area contributed by atoms with Crippen LogP contribution in [0.3, 0.4) is 0 Å². The van der Waals surface area contributed by atoms with Crippen LogP contribution in [0.1, 0.15) is 33.6 Å². The summed E-state index contributed by atoms with van der Waals surface area (Å²) in [4.78, 5) is 11.3. The van der Waals surface area contributed by atoms with Crippen molar-refractivity contribution in [2.24, 2.45) is 5.92 Å². The lowest BCUT2D eigenvalue weighted by Crippen LogP contribution is -2.07. The molecule has 1 rings (SSSR count). The standard InChI is InChI=1S/C11H18O3/c1-5-9-6-7(2)10(14-9)8(3)11(12)13-4/h7,9H,5-6H2,1-4H3/b10-8-/t7-,9+/m1/s1. The minimum Gasteiger partial charge on any atom is -0.494 e. The summed E-state index contributed by atoms with van der Waals surface area (Å²) in [6.45, 7) is 5.93. The van der Waals surface area contributed by atoms with Crippen LogP contribution in [0.4, 0.5) is 0 Å². The van der Waals surface area contributed by atoms with Crippen molar-refractivity contribution in [2.75, 3.05) is 7.11 Å². The van der Waals surface area contributed by atoms with Crippen molar-refractivity contribution < 1.29 is 14.3 Å². The Hall–Kier alpha value is -0.990. The van der Waals surface area contributed by atoms with Gasteiger partial charge in [0.1, 0.15) is 5.76 Å². The Morgan fingerprint density at radius 2 is 2.29 bits per heavy atom. The Morgan fingerprint density at radius 1 is 1.64 bits per heavy atom. The predicted octanol–water partition coefficient (Wildman–Crippen LogP) is 2.27. The van der Waals surface area contributed by atoms with Crippen LogP contribution < -0.4 is 0 Å². The molecule has 0 bridgehead atoms. The zero-order valence-electron chi connectivity index (χ0n) is 9.29. The summed E-state index contributed by atoms with van der Waals surface area (Å²) in [6, 6.07) is 0. The van der Waals surface area contributed by atoms with Crippen molar-refractivity contribution >= 4 is 5.97 Å². The van der Waals surface area contributed by atoms with Gasteiger partial charge < -0.3 is 9.47 Å². The summed E-state index contributed by atoms with van der Waals surface area (Å²) < 4.78 is 10.4. The Balaban J connectivity index is 2.82. The number of rotatable bonds is 2. The SMILES string of the molecule is CC[C@H]1C[C@@H](C)/C(=C(\C)C(=O)OC)O1. The van der Waals surface area contributed by atoms with Gasteiger partial charge in [0.2, 0.25) is 0 Å². The Labute approximate surface area is 85.1 Å². The molecule has 3 nitrogen and oxygen atoms in total. The van der Waals surface area contributed by atoms with E-state index in [0.29, 0.717) is 11.5 Å². The fraction of sp³-hybridized carbons (Fsp3) is 0.727. The van der Waals surface area contributed by atoms with Crippen LogP contribution in [0.15, 0.2) is 11.3 Å². The molecule has 1 heterocycles.